The summed E-state index contributed by atoms with van der Waals surface area (Å²) in [5.74, 6) is -0.275. The molecule has 1 aliphatic heterocycles. The molecular formula is C22H24ClN3O3S2. The van der Waals surface area contributed by atoms with E-state index >= 15 is 0 Å². The van der Waals surface area contributed by atoms with Crippen LogP contribution in [0.5, 0.6) is 0 Å². The van der Waals surface area contributed by atoms with E-state index in [-0.39, 0.29) is 15.8 Å². The first-order valence-corrected chi connectivity index (χ1v) is 12.9. The molecule has 9 heteroatoms. The summed E-state index contributed by atoms with van der Waals surface area (Å²) in [5, 5.41) is 0.957. The van der Waals surface area contributed by atoms with Crippen LogP contribution in [0.3, 0.4) is 0 Å². The van der Waals surface area contributed by atoms with Crippen molar-refractivity contribution in [2.24, 2.45) is 0 Å². The lowest BCUT2D eigenvalue weighted by molar-refractivity contribution is 0.0785. The molecular weight excluding hydrogens is 454 g/mol. The average Bonchev–Trinajstić information content (AvgIpc) is 2.95. The lowest BCUT2D eigenvalue weighted by atomic mass is 10.2. The summed E-state index contributed by atoms with van der Waals surface area (Å²) in [6.07, 6.45) is 3.71. The third-order valence-electron chi connectivity index (χ3n) is 5.42. The van der Waals surface area contributed by atoms with Crippen molar-refractivity contribution in [3.05, 3.63) is 58.1 Å². The first kappa shape index (κ1) is 22.2. The molecule has 0 atom stereocenters. The molecule has 2 aromatic carbocycles. The van der Waals surface area contributed by atoms with Crippen LogP contribution in [0.2, 0.25) is 5.02 Å². The van der Waals surface area contributed by atoms with Gasteiger partial charge in [0.05, 0.1) is 21.8 Å². The van der Waals surface area contributed by atoms with Crippen molar-refractivity contribution in [1.29, 1.82) is 0 Å². The predicted octanol–water partition coefficient (Wildman–Crippen LogP) is 4.79. The topological polar surface area (TPSA) is 70.6 Å². The smallest absolute Gasteiger partial charge is 0.254 e. The van der Waals surface area contributed by atoms with Crippen LogP contribution in [-0.2, 0) is 16.6 Å². The summed E-state index contributed by atoms with van der Waals surface area (Å²) in [7, 11) is -2.07. The summed E-state index contributed by atoms with van der Waals surface area (Å²) in [6, 6.07) is 12.3. The monoisotopic (exact) mass is 477 g/mol. The van der Waals surface area contributed by atoms with E-state index in [1.54, 1.807) is 29.4 Å². The number of halogens is 1. The van der Waals surface area contributed by atoms with Gasteiger partial charge in [-0.1, -0.05) is 36.6 Å². The summed E-state index contributed by atoms with van der Waals surface area (Å²) >= 11 is 7.80. The Kier molecular flexibility index (Phi) is 6.62. The van der Waals surface area contributed by atoms with E-state index in [9.17, 15) is 13.2 Å². The molecule has 6 nitrogen and oxygen atoms in total. The quantitative estimate of drug-likeness (QED) is 0.529. The first-order chi connectivity index (χ1) is 14.9. The largest absolute Gasteiger partial charge is 0.335 e. The van der Waals surface area contributed by atoms with Gasteiger partial charge in [0.2, 0.25) is 10.0 Å². The highest BCUT2D eigenvalue weighted by Crippen LogP contribution is 2.28. The Balaban J connectivity index is 1.57. The van der Waals surface area contributed by atoms with Crippen molar-refractivity contribution in [2.75, 3.05) is 20.1 Å². The Morgan fingerprint density at radius 1 is 1.13 bits per heavy atom. The molecule has 2 heterocycles. The van der Waals surface area contributed by atoms with Crippen molar-refractivity contribution in [2.45, 2.75) is 37.1 Å². The van der Waals surface area contributed by atoms with Gasteiger partial charge in [0.15, 0.2) is 0 Å². The van der Waals surface area contributed by atoms with E-state index in [1.807, 2.05) is 24.3 Å². The fourth-order valence-electron chi connectivity index (χ4n) is 3.74. The lowest BCUT2D eigenvalue weighted by Gasteiger charge is -2.21. The summed E-state index contributed by atoms with van der Waals surface area (Å²) < 4.78 is 29.0. The molecule has 1 aromatic heterocycles. The minimum atomic E-state index is -3.75. The second-order valence-electron chi connectivity index (χ2n) is 7.70. The SMILES string of the molecule is CN(Cc1nc2ccccc2s1)C(=O)c1ccc(Cl)c(S(=O)(=O)N2CCCCCC2)c1. The van der Waals surface area contributed by atoms with E-state index in [4.69, 9.17) is 11.6 Å². The van der Waals surface area contributed by atoms with E-state index in [0.29, 0.717) is 25.2 Å². The number of carbonyl (C=O) groups excluding carboxylic acids is 1. The van der Waals surface area contributed by atoms with Crippen molar-refractivity contribution in [3.8, 4) is 0 Å². The second-order valence-corrected chi connectivity index (χ2v) is 11.1. The molecule has 3 aromatic rings. The van der Waals surface area contributed by atoms with Crippen molar-refractivity contribution < 1.29 is 13.2 Å². The summed E-state index contributed by atoms with van der Waals surface area (Å²) in [6.45, 7) is 1.30. The normalized spacial score (nSPS) is 15.7. The van der Waals surface area contributed by atoms with Crippen LogP contribution < -0.4 is 0 Å². The zero-order valence-corrected chi connectivity index (χ0v) is 19.6. The summed E-state index contributed by atoms with van der Waals surface area (Å²) in [5.41, 5.74) is 1.20. The minimum absolute atomic E-state index is 0.00435. The molecule has 1 amide bonds. The number of benzene rings is 2. The van der Waals surface area contributed by atoms with Crippen molar-refractivity contribution in [3.63, 3.8) is 0 Å². The van der Waals surface area contributed by atoms with E-state index in [2.05, 4.69) is 4.98 Å². The van der Waals surface area contributed by atoms with Crippen LogP contribution in [-0.4, -0.2) is 48.7 Å². The number of amides is 1. The van der Waals surface area contributed by atoms with E-state index in [0.717, 1.165) is 40.9 Å². The van der Waals surface area contributed by atoms with E-state index < -0.39 is 10.0 Å². The van der Waals surface area contributed by atoms with Crippen molar-refractivity contribution >= 4 is 49.1 Å². The number of fused-ring (bicyclic) bond motifs is 1. The maximum atomic E-state index is 13.2. The maximum Gasteiger partial charge on any atom is 0.254 e. The Morgan fingerprint density at radius 2 is 1.84 bits per heavy atom. The molecule has 1 aliphatic rings. The number of thiazole rings is 1. The Labute approximate surface area is 191 Å². The highest BCUT2D eigenvalue weighted by molar-refractivity contribution is 7.89. The number of para-hydroxylation sites is 1. The van der Waals surface area contributed by atoms with Gasteiger partial charge < -0.3 is 4.90 Å². The standard InChI is InChI=1S/C22H24ClN3O3S2/c1-25(15-21-24-18-8-4-5-9-19(18)30-21)22(27)16-10-11-17(23)20(14-16)31(28,29)26-12-6-2-3-7-13-26/h4-5,8-11,14H,2-3,6-7,12-13,15H2,1H3. The Hall–Kier alpha value is -2.00. The fraction of sp³-hybridized carbons (Fsp3) is 0.364. The Bertz CT molecular complexity index is 1170. The Morgan fingerprint density at radius 3 is 2.55 bits per heavy atom. The number of hydrogen-bond donors (Lipinski definition) is 0. The number of nitrogens with zero attached hydrogens (tertiary/aromatic N) is 3. The number of carbonyl (C=O) groups is 1. The van der Waals surface area contributed by atoms with Gasteiger partial charge in [-0.05, 0) is 43.2 Å². The molecule has 31 heavy (non-hydrogen) atoms. The number of hydrogen-bond acceptors (Lipinski definition) is 5. The predicted molar refractivity (Wildman–Crippen MR) is 124 cm³/mol. The lowest BCUT2D eigenvalue weighted by Crippen LogP contribution is -2.32. The van der Waals surface area contributed by atoms with Crippen molar-refractivity contribution in [1.82, 2.24) is 14.2 Å². The van der Waals surface area contributed by atoms with Gasteiger partial charge in [0.1, 0.15) is 9.90 Å². The van der Waals surface area contributed by atoms with Gasteiger partial charge in [-0.15, -0.1) is 11.3 Å². The minimum Gasteiger partial charge on any atom is -0.335 e. The van der Waals surface area contributed by atoms with Crippen LogP contribution in [0.15, 0.2) is 47.4 Å². The van der Waals surface area contributed by atoms with Crippen LogP contribution in [0.25, 0.3) is 10.2 Å². The zero-order chi connectivity index (χ0) is 22.0. The zero-order valence-electron chi connectivity index (χ0n) is 17.3. The molecule has 4 rings (SSSR count). The number of aromatic nitrogens is 1. The highest BCUT2D eigenvalue weighted by Gasteiger charge is 2.28. The van der Waals surface area contributed by atoms with Gasteiger partial charge in [-0.3, -0.25) is 4.79 Å². The third-order valence-corrected chi connectivity index (χ3v) is 8.82. The van der Waals surface area contributed by atoms with Crippen LogP contribution in [0.4, 0.5) is 0 Å². The van der Waals surface area contributed by atoms with Gasteiger partial charge in [-0.25, -0.2) is 13.4 Å². The molecule has 0 spiro atoms. The first-order valence-electron chi connectivity index (χ1n) is 10.3. The third kappa shape index (κ3) is 4.77. The van der Waals surface area contributed by atoms with Crippen LogP contribution in [0, 0.1) is 0 Å². The molecule has 1 saturated heterocycles. The molecule has 0 N–H and O–H groups in total. The molecule has 0 radical (unpaired) electrons. The van der Waals surface area contributed by atoms with Gasteiger partial charge in [0, 0.05) is 25.7 Å². The van der Waals surface area contributed by atoms with Gasteiger partial charge in [-0.2, -0.15) is 4.31 Å². The number of rotatable bonds is 5. The maximum absolute atomic E-state index is 13.2. The van der Waals surface area contributed by atoms with E-state index in [1.165, 1.54) is 16.4 Å². The molecule has 1 fully saturated rings. The number of sulfonamides is 1. The molecule has 0 unspecified atom stereocenters. The molecule has 0 aliphatic carbocycles. The molecule has 164 valence electrons. The van der Waals surface area contributed by atoms with Crippen LogP contribution in [0.1, 0.15) is 41.0 Å². The molecule has 0 saturated carbocycles. The van der Waals surface area contributed by atoms with Gasteiger partial charge in [0.25, 0.3) is 5.91 Å². The highest BCUT2D eigenvalue weighted by atomic mass is 35.5. The van der Waals surface area contributed by atoms with Crippen LogP contribution >= 0.6 is 22.9 Å². The summed E-state index contributed by atoms with van der Waals surface area (Å²) in [4.78, 5) is 19.1. The average molecular weight is 478 g/mol. The second kappa shape index (κ2) is 9.24. The fourth-order valence-corrected chi connectivity index (χ4v) is 6.78. The van der Waals surface area contributed by atoms with Gasteiger partial charge >= 0.3 is 0 Å². The molecule has 0 bridgehead atoms.